The Kier molecular flexibility index (Phi) is 4.50. The molecule has 1 N–H and O–H groups in total. The van der Waals surface area contributed by atoms with Gasteiger partial charge in [-0.1, -0.05) is 5.21 Å². The highest BCUT2D eigenvalue weighted by Crippen LogP contribution is 2.20. The van der Waals surface area contributed by atoms with Crippen LogP contribution in [0.2, 0.25) is 0 Å². The minimum Gasteiger partial charge on any atom is -0.497 e. The van der Waals surface area contributed by atoms with Gasteiger partial charge >= 0.3 is 0 Å². The highest BCUT2D eigenvalue weighted by Gasteiger charge is 2.13. The first-order valence-electron chi connectivity index (χ1n) is 7.60. The first kappa shape index (κ1) is 14.1. The third kappa shape index (κ3) is 3.61. The molecule has 0 aliphatic carbocycles. The fourth-order valence-corrected chi connectivity index (χ4v) is 2.79. The molecule has 112 valence electrons. The minimum atomic E-state index is 0.771. The summed E-state index contributed by atoms with van der Waals surface area (Å²) in [5, 5.41) is 12.0. The van der Waals surface area contributed by atoms with Crippen molar-refractivity contribution >= 4 is 0 Å². The highest BCUT2D eigenvalue weighted by molar-refractivity contribution is 5.58. The lowest BCUT2D eigenvalue weighted by Gasteiger charge is -2.22. The number of nitrogens with zero attached hydrogens (tertiary/aromatic N) is 3. The second-order valence-electron chi connectivity index (χ2n) is 5.60. The minimum absolute atomic E-state index is 0.771. The molecule has 5 heteroatoms. The van der Waals surface area contributed by atoms with Gasteiger partial charge in [-0.2, -0.15) is 0 Å². The van der Waals surface area contributed by atoms with Crippen LogP contribution in [0.1, 0.15) is 19.3 Å². The Morgan fingerprint density at radius 1 is 1.33 bits per heavy atom. The summed E-state index contributed by atoms with van der Waals surface area (Å²) in [6.45, 7) is 3.25. The van der Waals surface area contributed by atoms with Gasteiger partial charge in [0.05, 0.1) is 13.3 Å². The van der Waals surface area contributed by atoms with Crippen molar-refractivity contribution in [1.29, 1.82) is 0 Å². The molecule has 1 aliphatic heterocycles. The van der Waals surface area contributed by atoms with Crippen molar-refractivity contribution in [1.82, 2.24) is 20.3 Å². The van der Waals surface area contributed by atoms with Gasteiger partial charge in [0.1, 0.15) is 11.4 Å². The van der Waals surface area contributed by atoms with E-state index in [4.69, 9.17) is 4.74 Å². The molecule has 1 unspecified atom stereocenters. The van der Waals surface area contributed by atoms with Gasteiger partial charge in [0.25, 0.3) is 0 Å². The number of aromatic nitrogens is 3. The molecule has 1 fully saturated rings. The molecule has 2 aromatic rings. The van der Waals surface area contributed by atoms with E-state index in [9.17, 15) is 0 Å². The van der Waals surface area contributed by atoms with E-state index < -0.39 is 0 Å². The summed E-state index contributed by atoms with van der Waals surface area (Å²) in [5.41, 5.74) is 1.99. The van der Waals surface area contributed by atoms with Crippen molar-refractivity contribution in [2.75, 3.05) is 20.2 Å². The third-order valence-corrected chi connectivity index (χ3v) is 4.09. The number of hydrogen-bond donors (Lipinski definition) is 1. The van der Waals surface area contributed by atoms with Crippen molar-refractivity contribution in [2.45, 2.75) is 25.8 Å². The second kappa shape index (κ2) is 6.72. The maximum Gasteiger partial charge on any atom is 0.118 e. The van der Waals surface area contributed by atoms with Gasteiger partial charge in [-0.15, -0.1) is 5.10 Å². The average Bonchev–Trinajstić information content (AvgIpc) is 3.03. The zero-order valence-corrected chi connectivity index (χ0v) is 12.5. The fourth-order valence-electron chi connectivity index (χ4n) is 2.79. The summed E-state index contributed by atoms with van der Waals surface area (Å²) in [6, 6.07) is 7.92. The molecule has 0 radical (unpaired) electrons. The van der Waals surface area contributed by atoms with Crippen LogP contribution in [0.25, 0.3) is 11.3 Å². The van der Waals surface area contributed by atoms with Crippen LogP contribution in [-0.2, 0) is 6.54 Å². The summed E-state index contributed by atoms with van der Waals surface area (Å²) in [5.74, 6) is 1.63. The Morgan fingerprint density at radius 2 is 2.19 bits per heavy atom. The summed E-state index contributed by atoms with van der Waals surface area (Å²) >= 11 is 0. The van der Waals surface area contributed by atoms with E-state index in [0.29, 0.717) is 0 Å². The molecule has 2 heterocycles. The molecule has 1 aromatic heterocycles. The molecule has 1 aromatic carbocycles. The lowest BCUT2D eigenvalue weighted by atomic mass is 9.96. The van der Waals surface area contributed by atoms with Crippen LogP contribution in [0.5, 0.6) is 5.75 Å². The quantitative estimate of drug-likeness (QED) is 0.916. The molecule has 0 saturated carbocycles. The summed E-state index contributed by atoms with van der Waals surface area (Å²) in [4.78, 5) is 0. The molecule has 1 aliphatic rings. The average molecular weight is 286 g/mol. The molecular formula is C16H22N4O. The molecule has 3 rings (SSSR count). The summed E-state index contributed by atoms with van der Waals surface area (Å²) in [7, 11) is 1.67. The van der Waals surface area contributed by atoms with E-state index in [0.717, 1.165) is 36.0 Å². The zero-order chi connectivity index (χ0) is 14.5. The Labute approximate surface area is 125 Å². The monoisotopic (exact) mass is 286 g/mol. The molecule has 0 bridgehead atoms. The molecule has 5 nitrogen and oxygen atoms in total. The Hall–Kier alpha value is -1.88. The van der Waals surface area contributed by atoms with Crippen molar-refractivity contribution in [3.8, 4) is 17.0 Å². The fraction of sp³-hybridized carbons (Fsp3) is 0.500. The van der Waals surface area contributed by atoms with Gasteiger partial charge in [-0.05, 0) is 62.5 Å². The molecule has 1 saturated heterocycles. The molecular weight excluding hydrogens is 264 g/mol. The third-order valence-electron chi connectivity index (χ3n) is 4.09. The van der Waals surface area contributed by atoms with Gasteiger partial charge in [0.2, 0.25) is 0 Å². The summed E-state index contributed by atoms with van der Waals surface area (Å²) in [6.07, 6.45) is 5.81. The van der Waals surface area contributed by atoms with E-state index in [2.05, 4.69) is 15.6 Å². The Morgan fingerprint density at radius 3 is 2.90 bits per heavy atom. The number of methoxy groups -OCH3 is 1. The molecule has 21 heavy (non-hydrogen) atoms. The smallest absolute Gasteiger partial charge is 0.118 e. The van der Waals surface area contributed by atoms with Gasteiger partial charge in [-0.3, -0.25) is 4.68 Å². The van der Waals surface area contributed by atoms with Crippen LogP contribution in [0.15, 0.2) is 30.5 Å². The maximum absolute atomic E-state index is 5.17. The van der Waals surface area contributed by atoms with E-state index in [-0.39, 0.29) is 0 Å². The highest BCUT2D eigenvalue weighted by atomic mass is 16.5. The normalized spacial score (nSPS) is 18.6. The van der Waals surface area contributed by atoms with Crippen LogP contribution in [0, 0.1) is 5.92 Å². The van der Waals surface area contributed by atoms with Gasteiger partial charge in [0.15, 0.2) is 0 Å². The van der Waals surface area contributed by atoms with E-state index in [1.54, 1.807) is 7.11 Å². The zero-order valence-electron chi connectivity index (χ0n) is 12.5. The first-order chi connectivity index (χ1) is 10.3. The SMILES string of the molecule is COc1ccc(-c2cn(CCC3CCCNC3)nn2)cc1. The van der Waals surface area contributed by atoms with Gasteiger partial charge in [-0.25, -0.2) is 0 Å². The lowest BCUT2D eigenvalue weighted by Crippen LogP contribution is -2.30. The van der Waals surface area contributed by atoms with Gasteiger partial charge in [0, 0.05) is 12.1 Å². The van der Waals surface area contributed by atoms with Crippen LogP contribution in [-0.4, -0.2) is 35.2 Å². The van der Waals surface area contributed by atoms with E-state index >= 15 is 0 Å². The Bertz CT molecular complexity index is 558. The van der Waals surface area contributed by atoms with Crippen molar-refractivity contribution in [3.63, 3.8) is 0 Å². The number of hydrogen-bond acceptors (Lipinski definition) is 4. The number of rotatable bonds is 5. The lowest BCUT2D eigenvalue weighted by molar-refractivity contribution is 0.334. The van der Waals surface area contributed by atoms with Crippen LogP contribution < -0.4 is 10.1 Å². The molecule has 0 amide bonds. The molecule has 0 spiro atoms. The standard InChI is InChI=1S/C16H22N4O/c1-21-15-6-4-14(5-7-15)16-12-20(19-18-16)10-8-13-3-2-9-17-11-13/h4-7,12-13,17H,2-3,8-11H2,1H3. The Balaban J connectivity index is 1.59. The van der Waals surface area contributed by atoms with Crippen LogP contribution in [0.3, 0.4) is 0 Å². The van der Waals surface area contributed by atoms with Crippen molar-refractivity contribution in [3.05, 3.63) is 30.5 Å². The second-order valence-corrected chi connectivity index (χ2v) is 5.60. The number of benzene rings is 1. The van der Waals surface area contributed by atoms with Crippen LogP contribution >= 0.6 is 0 Å². The first-order valence-corrected chi connectivity index (χ1v) is 7.60. The number of ether oxygens (including phenoxy) is 1. The predicted molar refractivity (Wildman–Crippen MR) is 82.2 cm³/mol. The maximum atomic E-state index is 5.17. The predicted octanol–water partition coefficient (Wildman–Crippen LogP) is 2.34. The molecule has 1 atom stereocenters. The van der Waals surface area contributed by atoms with E-state index in [1.807, 2.05) is 35.1 Å². The number of nitrogens with one attached hydrogen (secondary N) is 1. The number of piperidine rings is 1. The van der Waals surface area contributed by atoms with Gasteiger partial charge < -0.3 is 10.1 Å². The summed E-state index contributed by atoms with van der Waals surface area (Å²) < 4.78 is 7.12. The van der Waals surface area contributed by atoms with E-state index in [1.165, 1.54) is 25.8 Å². The van der Waals surface area contributed by atoms with Crippen molar-refractivity contribution in [2.24, 2.45) is 5.92 Å². The van der Waals surface area contributed by atoms with Crippen molar-refractivity contribution < 1.29 is 4.74 Å². The van der Waals surface area contributed by atoms with Crippen LogP contribution in [0.4, 0.5) is 0 Å². The largest absolute Gasteiger partial charge is 0.497 e. The number of aryl methyl sites for hydroxylation is 1. The topological polar surface area (TPSA) is 52.0 Å².